The van der Waals surface area contributed by atoms with Crippen molar-refractivity contribution in [3.8, 4) is 0 Å². The smallest absolute Gasteiger partial charge is 0.238 e. The normalized spacial score (nSPS) is 15.6. The number of hydrogen-bond donors (Lipinski definition) is 3. The molecule has 0 bridgehead atoms. The number of thiocarbonyl (C=S) groups is 1. The molecular formula is C18H27N6O2S2+. The maximum Gasteiger partial charge on any atom is 0.238 e. The van der Waals surface area contributed by atoms with Gasteiger partial charge in [-0.25, -0.2) is 13.6 Å². The van der Waals surface area contributed by atoms with Gasteiger partial charge in [0.15, 0.2) is 5.11 Å². The summed E-state index contributed by atoms with van der Waals surface area (Å²) in [6.45, 7) is 8.90. The number of nitrogens with zero attached hydrogens (tertiary/aromatic N) is 3. The van der Waals surface area contributed by atoms with E-state index in [-0.39, 0.29) is 4.90 Å². The lowest BCUT2D eigenvalue weighted by Gasteiger charge is -2.34. The molecule has 2 aromatic rings. The Morgan fingerprint density at radius 1 is 1.25 bits per heavy atom. The number of aryl methyl sites for hydroxylation is 2. The summed E-state index contributed by atoms with van der Waals surface area (Å²) in [6, 6.07) is 6.28. The maximum absolute atomic E-state index is 11.3. The lowest BCUT2D eigenvalue weighted by Crippen LogP contribution is -3.13. The third-order valence-electron chi connectivity index (χ3n) is 5.28. The topological polar surface area (TPSA) is 97.7 Å². The van der Waals surface area contributed by atoms with E-state index in [2.05, 4.69) is 29.2 Å². The van der Waals surface area contributed by atoms with Crippen LogP contribution >= 0.6 is 12.2 Å². The number of rotatable bonds is 4. The fraction of sp³-hybridized carbons (Fsp3) is 0.444. The van der Waals surface area contributed by atoms with Crippen LogP contribution in [0.1, 0.15) is 17.0 Å². The van der Waals surface area contributed by atoms with Crippen molar-refractivity contribution in [1.29, 1.82) is 0 Å². The number of quaternary nitrogens is 1. The van der Waals surface area contributed by atoms with Crippen LogP contribution in [-0.2, 0) is 23.6 Å². The Hall–Kier alpha value is -2.01. The van der Waals surface area contributed by atoms with Crippen LogP contribution in [0.15, 0.2) is 29.2 Å². The predicted octanol–water partition coefficient (Wildman–Crippen LogP) is -0.218. The molecule has 4 N–H and O–H groups in total. The van der Waals surface area contributed by atoms with Gasteiger partial charge in [-0.1, -0.05) is 0 Å². The molecule has 1 aliphatic rings. The number of hydrogen-bond acceptors (Lipinski definition) is 4. The first-order valence-corrected chi connectivity index (χ1v) is 11.1. The quantitative estimate of drug-likeness (QED) is 0.589. The second-order valence-corrected chi connectivity index (χ2v) is 9.13. The highest BCUT2D eigenvalue weighted by molar-refractivity contribution is 7.89. The van der Waals surface area contributed by atoms with Crippen molar-refractivity contribution in [2.45, 2.75) is 25.3 Å². The van der Waals surface area contributed by atoms with Gasteiger partial charge in [0.05, 0.1) is 36.8 Å². The maximum atomic E-state index is 11.3. The van der Waals surface area contributed by atoms with E-state index in [0.717, 1.165) is 44.1 Å². The van der Waals surface area contributed by atoms with Gasteiger partial charge in [0, 0.05) is 24.0 Å². The molecule has 0 amide bonds. The molecule has 2 heterocycles. The first kappa shape index (κ1) is 20.7. The molecule has 28 heavy (non-hydrogen) atoms. The average molecular weight is 424 g/mol. The summed E-state index contributed by atoms with van der Waals surface area (Å²) in [5.41, 5.74) is 4.41. The standard InChI is InChI=1S/C18H26N6O2S2/c1-13-17(14(2)22(3)21-13)12-23-8-10-24(11-9-23)18(27)20-15-4-6-16(7-5-15)28(19,25)26/h4-7H,8-12H2,1-3H3,(H,20,27)(H2,19,25,26)/p+1. The third kappa shape index (κ3) is 4.69. The van der Waals surface area contributed by atoms with Crippen LogP contribution in [-0.4, -0.2) is 54.4 Å². The van der Waals surface area contributed by atoms with Gasteiger partial charge in [0.2, 0.25) is 10.0 Å². The minimum Gasteiger partial charge on any atom is -0.338 e. The van der Waals surface area contributed by atoms with Crippen molar-refractivity contribution in [3.63, 3.8) is 0 Å². The Morgan fingerprint density at radius 2 is 1.86 bits per heavy atom. The summed E-state index contributed by atoms with van der Waals surface area (Å²) < 4.78 is 24.6. The minimum atomic E-state index is -3.69. The van der Waals surface area contributed by atoms with Crippen LogP contribution in [0.2, 0.25) is 0 Å². The second-order valence-electron chi connectivity index (χ2n) is 7.19. The molecule has 0 atom stereocenters. The molecule has 0 saturated carbocycles. The molecule has 1 fully saturated rings. The largest absolute Gasteiger partial charge is 0.338 e. The molecule has 152 valence electrons. The summed E-state index contributed by atoms with van der Waals surface area (Å²) in [4.78, 5) is 3.76. The Bertz CT molecular complexity index is 961. The molecule has 1 aromatic heterocycles. The summed E-state index contributed by atoms with van der Waals surface area (Å²) in [7, 11) is -1.70. The molecule has 1 aliphatic heterocycles. The van der Waals surface area contributed by atoms with Crippen molar-refractivity contribution in [3.05, 3.63) is 41.2 Å². The van der Waals surface area contributed by atoms with E-state index in [1.807, 2.05) is 11.7 Å². The zero-order valence-corrected chi connectivity index (χ0v) is 18.0. The Morgan fingerprint density at radius 3 is 2.36 bits per heavy atom. The Balaban J connectivity index is 1.54. The summed E-state index contributed by atoms with van der Waals surface area (Å²) in [6.07, 6.45) is 0. The molecule has 0 unspecified atom stereocenters. The highest BCUT2D eigenvalue weighted by Gasteiger charge is 2.24. The lowest BCUT2D eigenvalue weighted by atomic mass is 10.1. The molecule has 1 saturated heterocycles. The number of anilines is 1. The van der Waals surface area contributed by atoms with Gasteiger partial charge in [-0.3, -0.25) is 4.68 Å². The Labute approximate surface area is 171 Å². The minimum absolute atomic E-state index is 0.0853. The first-order chi connectivity index (χ1) is 13.1. The summed E-state index contributed by atoms with van der Waals surface area (Å²) in [5, 5.41) is 13.5. The van der Waals surface area contributed by atoms with E-state index in [9.17, 15) is 8.42 Å². The second kappa shape index (κ2) is 8.16. The number of benzene rings is 1. The fourth-order valence-electron chi connectivity index (χ4n) is 3.46. The predicted molar refractivity (Wildman–Crippen MR) is 113 cm³/mol. The monoisotopic (exact) mass is 423 g/mol. The number of sulfonamides is 1. The number of aromatic nitrogens is 2. The first-order valence-electron chi connectivity index (χ1n) is 9.16. The van der Waals surface area contributed by atoms with Gasteiger partial charge in [-0.2, -0.15) is 5.10 Å². The molecule has 0 radical (unpaired) electrons. The Kier molecular flexibility index (Phi) is 6.04. The van der Waals surface area contributed by atoms with Crippen LogP contribution in [0.25, 0.3) is 0 Å². The molecule has 3 rings (SSSR count). The summed E-state index contributed by atoms with van der Waals surface area (Å²) >= 11 is 5.52. The van der Waals surface area contributed by atoms with E-state index in [0.29, 0.717) is 5.11 Å². The van der Waals surface area contributed by atoms with Gasteiger partial charge < -0.3 is 15.1 Å². The van der Waals surface area contributed by atoms with Crippen LogP contribution in [0, 0.1) is 13.8 Å². The summed E-state index contributed by atoms with van der Waals surface area (Å²) in [5.74, 6) is 0. The van der Waals surface area contributed by atoms with Crippen molar-refractivity contribution in [2.24, 2.45) is 12.2 Å². The van der Waals surface area contributed by atoms with Crippen LogP contribution in [0.3, 0.4) is 0 Å². The molecular weight excluding hydrogens is 396 g/mol. The highest BCUT2D eigenvalue weighted by atomic mass is 32.2. The molecule has 8 nitrogen and oxygen atoms in total. The molecule has 0 aliphatic carbocycles. The average Bonchev–Trinajstić information content (AvgIpc) is 2.88. The van der Waals surface area contributed by atoms with Crippen molar-refractivity contribution < 1.29 is 13.3 Å². The molecule has 1 aromatic carbocycles. The van der Waals surface area contributed by atoms with Crippen LogP contribution in [0.5, 0.6) is 0 Å². The van der Waals surface area contributed by atoms with E-state index in [4.69, 9.17) is 17.4 Å². The van der Waals surface area contributed by atoms with Gasteiger partial charge in [-0.05, 0) is 50.3 Å². The van der Waals surface area contributed by atoms with E-state index in [1.165, 1.54) is 28.3 Å². The molecule has 0 spiro atoms. The lowest BCUT2D eigenvalue weighted by molar-refractivity contribution is -0.917. The zero-order valence-electron chi connectivity index (χ0n) is 16.4. The number of nitrogens with two attached hydrogens (primary N) is 1. The molecule has 10 heteroatoms. The van der Waals surface area contributed by atoms with E-state index in [1.54, 1.807) is 12.1 Å². The van der Waals surface area contributed by atoms with E-state index >= 15 is 0 Å². The van der Waals surface area contributed by atoms with Crippen molar-refractivity contribution in [2.75, 3.05) is 31.5 Å². The fourth-order valence-corrected chi connectivity index (χ4v) is 4.27. The van der Waals surface area contributed by atoms with Gasteiger partial charge in [-0.15, -0.1) is 0 Å². The highest BCUT2D eigenvalue weighted by Crippen LogP contribution is 2.14. The van der Waals surface area contributed by atoms with Crippen molar-refractivity contribution in [1.82, 2.24) is 14.7 Å². The van der Waals surface area contributed by atoms with Crippen molar-refractivity contribution >= 4 is 33.0 Å². The zero-order chi connectivity index (χ0) is 20.5. The van der Waals surface area contributed by atoms with Gasteiger partial charge in [0.1, 0.15) is 6.54 Å². The number of nitrogens with one attached hydrogen (secondary N) is 2. The van der Waals surface area contributed by atoms with Gasteiger partial charge in [0.25, 0.3) is 0 Å². The SMILES string of the molecule is Cc1nn(C)c(C)c1C[NH+]1CCN(C(=S)Nc2ccc(S(N)(=O)=O)cc2)CC1. The van der Waals surface area contributed by atoms with Crippen LogP contribution in [0.4, 0.5) is 5.69 Å². The van der Waals surface area contributed by atoms with E-state index < -0.39 is 10.0 Å². The van der Waals surface area contributed by atoms with Gasteiger partial charge >= 0.3 is 0 Å². The number of primary sulfonamides is 1. The van der Waals surface area contributed by atoms with Crippen LogP contribution < -0.4 is 15.4 Å². The number of piperazine rings is 1. The third-order valence-corrected chi connectivity index (χ3v) is 6.57.